The van der Waals surface area contributed by atoms with Gasteiger partial charge in [-0.05, 0) is 19.8 Å². The third-order valence-corrected chi connectivity index (χ3v) is 2.58. The van der Waals surface area contributed by atoms with Crippen molar-refractivity contribution >= 4 is 5.69 Å². The molecule has 0 unspecified atom stereocenters. The molecule has 0 aliphatic carbocycles. The van der Waals surface area contributed by atoms with Crippen molar-refractivity contribution in [2.24, 2.45) is 7.05 Å². The normalized spacial score (nSPS) is 10.8. The monoisotopic (exact) mass is 181 g/mol. The number of nitrogens with zero attached hydrogens (tertiary/aromatic N) is 2. The van der Waals surface area contributed by atoms with Crippen LogP contribution in [0, 0.1) is 6.92 Å². The Hall–Kier alpha value is -0.990. The smallest absolute Gasteiger partial charge is 0.0758 e. The molecule has 3 nitrogen and oxygen atoms in total. The van der Waals surface area contributed by atoms with E-state index in [0.29, 0.717) is 6.04 Å². The maximum Gasteiger partial charge on any atom is 0.0758 e. The Labute approximate surface area is 80.1 Å². The van der Waals surface area contributed by atoms with Gasteiger partial charge in [0.25, 0.3) is 0 Å². The average molecular weight is 181 g/mol. The molecule has 0 atom stereocenters. The number of rotatable bonds is 4. The maximum atomic E-state index is 4.19. The zero-order chi connectivity index (χ0) is 9.84. The summed E-state index contributed by atoms with van der Waals surface area (Å²) in [5.41, 5.74) is 2.36. The second-order valence-corrected chi connectivity index (χ2v) is 3.43. The highest BCUT2D eigenvalue weighted by molar-refractivity contribution is 5.46. The highest BCUT2D eigenvalue weighted by Crippen LogP contribution is 2.15. The number of aryl methyl sites for hydroxylation is 1. The van der Waals surface area contributed by atoms with E-state index in [2.05, 4.69) is 31.2 Å². The molecular formula is C10H19N3. The first kappa shape index (κ1) is 10.1. The van der Waals surface area contributed by atoms with E-state index in [1.165, 1.54) is 5.69 Å². The van der Waals surface area contributed by atoms with Gasteiger partial charge in [0.05, 0.1) is 17.6 Å². The van der Waals surface area contributed by atoms with E-state index in [0.717, 1.165) is 18.5 Å². The standard InChI is InChI=1S/C10H19N3/c1-5-9(6-2)12-10-7-11-13(4)8(10)3/h7,9,12H,5-6H2,1-4H3. The summed E-state index contributed by atoms with van der Waals surface area (Å²) in [6, 6.07) is 0.572. The molecule has 1 aromatic heterocycles. The number of anilines is 1. The molecule has 0 aliphatic rings. The van der Waals surface area contributed by atoms with Crippen molar-refractivity contribution in [1.82, 2.24) is 9.78 Å². The van der Waals surface area contributed by atoms with Gasteiger partial charge in [-0.25, -0.2) is 0 Å². The minimum absolute atomic E-state index is 0.572. The van der Waals surface area contributed by atoms with Gasteiger partial charge in [-0.3, -0.25) is 4.68 Å². The summed E-state index contributed by atoms with van der Waals surface area (Å²) < 4.78 is 1.89. The van der Waals surface area contributed by atoms with Gasteiger partial charge in [0.15, 0.2) is 0 Å². The predicted molar refractivity (Wildman–Crippen MR) is 55.9 cm³/mol. The Kier molecular flexibility index (Phi) is 3.34. The van der Waals surface area contributed by atoms with Crippen molar-refractivity contribution in [3.05, 3.63) is 11.9 Å². The maximum absolute atomic E-state index is 4.19. The molecule has 74 valence electrons. The van der Waals surface area contributed by atoms with E-state index < -0.39 is 0 Å². The van der Waals surface area contributed by atoms with E-state index in [9.17, 15) is 0 Å². The zero-order valence-electron chi connectivity index (χ0n) is 8.96. The molecule has 0 bridgehead atoms. The molecule has 1 rings (SSSR count). The van der Waals surface area contributed by atoms with Gasteiger partial charge < -0.3 is 5.32 Å². The Balaban J connectivity index is 2.67. The first-order chi connectivity index (χ1) is 6.19. The van der Waals surface area contributed by atoms with Gasteiger partial charge in [0.1, 0.15) is 0 Å². The fourth-order valence-corrected chi connectivity index (χ4v) is 1.35. The van der Waals surface area contributed by atoms with Crippen LogP contribution in [0.4, 0.5) is 5.69 Å². The number of hydrogen-bond donors (Lipinski definition) is 1. The van der Waals surface area contributed by atoms with Crippen LogP contribution in [0.3, 0.4) is 0 Å². The fourth-order valence-electron chi connectivity index (χ4n) is 1.35. The minimum atomic E-state index is 0.572. The molecule has 13 heavy (non-hydrogen) atoms. The molecule has 0 spiro atoms. The molecule has 1 N–H and O–H groups in total. The Morgan fingerprint density at radius 1 is 1.46 bits per heavy atom. The van der Waals surface area contributed by atoms with Crippen molar-refractivity contribution in [1.29, 1.82) is 0 Å². The summed E-state index contributed by atoms with van der Waals surface area (Å²) in [7, 11) is 1.97. The van der Waals surface area contributed by atoms with Crippen molar-refractivity contribution in [3.63, 3.8) is 0 Å². The quantitative estimate of drug-likeness (QED) is 0.772. The van der Waals surface area contributed by atoms with Crippen LogP contribution < -0.4 is 5.32 Å². The topological polar surface area (TPSA) is 29.9 Å². The number of hydrogen-bond acceptors (Lipinski definition) is 2. The number of nitrogens with one attached hydrogen (secondary N) is 1. The number of aromatic nitrogens is 2. The molecule has 3 heteroatoms. The lowest BCUT2D eigenvalue weighted by atomic mass is 10.1. The molecule has 0 aromatic carbocycles. The lowest BCUT2D eigenvalue weighted by molar-refractivity contribution is 0.670. The van der Waals surface area contributed by atoms with Crippen LogP contribution in [-0.2, 0) is 7.05 Å². The molecular weight excluding hydrogens is 162 g/mol. The van der Waals surface area contributed by atoms with Crippen LogP contribution in [0.15, 0.2) is 6.20 Å². The summed E-state index contributed by atoms with van der Waals surface area (Å²) in [6.45, 7) is 6.48. The van der Waals surface area contributed by atoms with E-state index in [1.807, 2.05) is 17.9 Å². The lowest BCUT2D eigenvalue weighted by Crippen LogP contribution is -2.17. The van der Waals surface area contributed by atoms with E-state index in [1.54, 1.807) is 0 Å². The molecule has 1 aromatic rings. The second kappa shape index (κ2) is 4.30. The van der Waals surface area contributed by atoms with Crippen LogP contribution in [0.25, 0.3) is 0 Å². The molecule has 1 heterocycles. The Bertz CT molecular complexity index is 261. The first-order valence-corrected chi connectivity index (χ1v) is 4.94. The largest absolute Gasteiger partial charge is 0.380 e. The summed E-state index contributed by atoms with van der Waals surface area (Å²) >= 11 is 0. The van der Waals surface area contributed by atoms with Crippen molar-refractivity contribution in [2.45, 2.75) is 39.7 Å². The molecule has 0 aliphatic heterocycles. The van der Waals surface area contributed by atoms with Gasteiger partial charge in [-0.15, -0.1) is 0 Å². The van der Waals surface area contributed by atoms with Gasteiger partial charge in [0.2, 0.25) is 0 Å². The van der Waals surface area contributed by atoms with Gasteiger partial charge in [-0.1, -0.05) is 13.8 Å². The highest BCUT2D eigenvalue weighted by atomic mass is 15.3. The second-order valence-electron chi connectivity index (χ2n) is 3.43. The zero-order valence-corrected chi connectivity index (χ0v) is 8.96. The van der Waals surface area contributed by atoms with Crippen LogP contribution >= 0.6 is 0 Å². The summed E-state index contributed by atoms with van der Waals surface area (Å²) in [5, 5.41) is 7.68. The van der Waals surface area contributed by atoms with Crippen LogP contribution in [0.1, 0.15) is 32.4 Å². The molecule has 0 saturated carbocycles. The molecule has 0 amide bonds. The van der Waals surface area contributed by atoms with Gasteiger partial charge >= 0.3 is 0 Å². The Morgan fingerprint density at radius 3 is 2.46 bits per heavy atom. The van der Waals surface area contributed by atoms with Gasteiger partial charge in [-0.2, -0.15) is 5.10 Å². The molecule has 0 radical (unpaired) electrons. The van der Waals surface area contributed by atoms with Crippen molar-refractivity contribution < 1.29 is 0 Å². The van der Waals surface area contributed by atoms with E-state index in [4.69, 9.17) is 0 Å². The third-order valence-electron chi connectivity index (χ3n) is 2.58. The van der Waals surface area contributed by atoms with Crippen molar-refractivity contribution in [3.8, 4) is 0 Å². The summed E-state index contributed by atoms with van der Waals surface area (Å²) in [6.07, 6.45) is 4.21. The fraction of sp³-hybridized carbons (Fsp3) is 0.700. The highest BCUT2D eigenvalue weighted by Gasteiger charge is 2.07. The van der Waals surface area contributed by atoms with Crippen molar-refractivity contribution in [2.75, 3.05) is 5.32 Å². The summed E-state index contributed by atoms with van der Waals surface area (Å²) in [4.78, 5) is 0. The van der Waals surface area contributed by atoms with Gasteiger partial charge in [0, 0.05) is 13.1 Å². The van der Waals surface area contributed by atoms with Crippen LogP contribution in [0.5, 0.6) is 0 Å². The first-order valence-electron chi connectivity index (χ1n) is 4.94. The summed E-state index contributed by atoms with van der Waals surface area (Å²) in [5.74, 6) is 0. The SMILES string of the molecule is CCC(CC)Nc1cnn(C)c1C. The molecule has 0 saturated heterocycles. The third kappa shape index (κ3) is 2.23. The average Bonchev–Trinajstić information content (AvgIpc) is 2.45. The van der Waals surface area contributed by atoms with E-state index >= 15 is 0 Å². The molecule has 0 fully saturated rings. The predicted octanol–water partition coefficient (Wildman–Crippen LogP) is 2.33. The van der Waals surface area contributed by atoms with E-state index in [-0.39, 0.29) is 0 Å². The lowest BCUT2D eigenvalue weighted by Gasteiger charge is -2.15. The Morgan fingerprint density at radius 2 is 2.08 bits per heavy atom. The van der Waals surface area contributed by atoms with Crippen LogP contribution in [-0.4, -0.2) is 15.8 Å². The van der Waals surface area contributed by atoms with Crippen LogP contribution in [0.2, 0.25) is 0 Å². The minimum Gasteiger partial charge on any atom is -0.380 e.